The SMILES string of the molecule is COc1ccc(N2CCCS2(=O)=O)c(OC)c1. The molecule has 1 aromatic rings. The summed E-state index contributed by atoms with van der Waals surface area (Å²) in [5, 5.41) is 0. The molecule has 0 radical (unpaired) electrons. The van der Waals surface area contributed by atoms with Gasteiger partial charge in [0.1, 0.15) is 11.5 Å². The highest BCUT2D eigenvalue weighted by molar-refractivity contribution is 7.93. The fraction of sp³-hybridized carbons (Fsp3) is 0.455. The molecule has 1 aliphatic rings. The first kappa shape index (κ1) is 12.0. The molecule has 0 bridgehead atoms. The number of hydrogen-bond acceptors (Lipinski definition) is 4. The van der Waals surface area contributed by atoms with E-state index in [4.69, 9.17) is 9.47 Å². The Kier molecular flexibility index (Phi) is 3.15. The zero-order valence-corrected chi connectivity index (χ0v) is 10.7. The molecule has 6 heteroatoms. The summed E-state index contributed by atoms with van der Waals surface area (Å²) >= 11 is 0. The van der Waals surface area contributed by atoms with Crippen molar-refractivity contribution in [2.45, 2.75) is 6.42 Å². The van der Waals surface area contributed by atoms with E-state index in [9.17, 15) is 8.42 Å². The number of ether oxygens (including phenoxy) is 2. The van der Waals surface area contributed by atoms with Gasteiger partial charge in [0.15, 0.2) is 0 Å². The molecule has 0 N–H and O–H groups in total. The van der Waals surface area contributed by atoms with Gasteiger partial charge in [-0.1, -0.05) is 0 Å². The molecule has 0 aromatic heterocycles. The van der Waals surface area contributed by atoms with Crippen LogP contribution >= 0.6 is 0 Å². The molecule has 17 heavy (non-hydrogen) atoms. The highest BCUT2D eigenvalue weighted by Gasteiger charge is 2.30. The molecular weight excluding hydrogens is 242 g/mol. The molecule has 1 fully saturated rings. The number of hydrogen-bond donors (Lipinski definition) is 0. The lowest BCUT2D eigenvalue weighted by Gasteiger charge is -2.20. The van der Waals surface area contributed by atoms with E-state index in [0.717, 1.165) is 0 Å². The van der Waals surface area contributed by atoms with Crippen LogP contribution in [0, 0.1) is 0 Å². The van der Waals surface area contributed by atoms with Gasteiger partial charge in [-0.05, 0) is 18.6 Å². The highest BCUT2D eigenvalue weighted by Crippen LogP contribution is 2.35. The molecule has 0 aliphatic carbocycles. The minimum absolute atomic E-state index is 0.197. The van der Waals surface area contributed by atoms with Crippen LogP contribution in [0.25, 0.3) is 0 Å². The van der Waals surface area contributed by atoms with E-state index in [-0.39, 0.29) is 5.75 Å². The minimum Gasteiger partial charge on any atom is -0.497 e. The molecule has 1 aromatic carbocycles. The van der Waals surface area contributed by atoms with Crippen LogP contribution in [0.2, 0.25) is 0 Å². The summed E-state index contributed by atoms with van der Waals surface area (Å²) in [6.45, 7) is 0.505. The molecular formula is C11H15NO4S. The Morgan fingerprint density at radius 1 is 1.24 bits per heavy atom. The third-order valence-corrected chi connectivity index (χ3v) is 4.61. The van der Waals surface area contributed by atoms with Gasteiger partial charge in [0.25, 0.3) is 0 Å². The standard InChI is InChI=1S/C11H15NO4S/c1-15-9-4-5-10(11(8-9)16-2)12-6-3-7-17(12,13)14/h4-5,8H,3,6-7H2,1-2H3. The number of sulfonamides is 1. The fourth-order valence-electron chi connectivity index (χ4n) is 1.90. The fourth-order valence-corrected chi connectivity index (χ4v) is 3.47. The van der Waals surface area contributed by atoms with E-state index in [2.05, 4.69) is 0 Å². The van der Waals surface area contributed by atoms with E-state index in [1.807, 2.05) is 0 Å². The van der Waals surface area contributed by atoms with Crippen molar-refractivity contribution in [1.29, 1.82) is 0 Å². The first-order valence-corrected chi connectivity index (χ1v) is 6.92. The van der Waals surface area contributed by atoms with E-state index < -0.39 is 10.0 Å². The maximum Gasteiger partial charge on any atom is 0.235 e. The average molecular weight is 257 g/mol. The van der Waals surface area contributed by atoms with Crippen LogP contribution in [0.3, 0.4) is 0 Å². The lowest BCUT2D eigenvalue weighted by atomic mass is 10.2. The third-order valence-electron chi connectivity index (χ3n) is 2.75. The first-order chi connectivity index (χ1) is 8.08. The van der Waals surface area contributed by atoms with Gasteiger partial charge >= 0.3 is 0 Å². The number of nitrogens with zero attached hydrogens (tertiary/aromatic N) is 1. The van der Waals surface area contributed by atoms with Crippen LogP contribution in [-0.4, -0.2) is 34.9 Å². The summed E-state index contributed by atoms with van der Waals surface area (Å²) in [5.74, 6) is 1.35. The summed E-state index contributed by atoms with van der Waals surface area (Å²) in [5.41, 5.74) is 0.575. The first-order valence-electron chi connectivity index (χ1n) is 5.31. The van der Waals surface area contributed by atoms with Crippen LogP contribution in [0.5, 0.6) is 11.5 Å². The Hall–Kier alpha value is -1.43. The Morgan fingerprint density at radius 2 is 2.00 bits per heavy atom. The Morgan fingerprint density at radius 3 is 2.53 bits per heavy atom. The van der Waals surface area contributed by atoms with Crippen molar-refractivity contribution >= 4 is 15.7 Å². The highest BCUT2D eigenvalue weighted by atomic mass is 32.2. The van der Waals surface area contributed by atoms with Gasteiger partial charge < -0.3 is 9.47 Å². The maximum atomic E-state index is 11.8. The molecule has 0 atom stereocenters. The van der Waals surface area contributed by atoms with Crippen molar-refractivity contribution in [1.82, 2.24) is 0 Å². The molecule has 1 heterocycles. The predicted molar refractivity (Wildman–Crippen MR) is 65.3 cm³/mol. The second-order valence-electron chi connectivity index (χ2n) is 3.78. The monoisotopic (exact) mass is 257 g/mol. The molecule has 0 spiro atoms. The van der Waals surface area contributed by atoms with Crippen LogP contribution in [0.1, 0.15) is 6.42 Å². The summed E-state index contributed by atoms with van der Waals surface area (Å²) in [6, 6.07) is 5.12. The maximum absolute atomic E-state index is 11.8. The quantitative estimate of drug-likeness (QED) is 0.817. The van der Waals surface area contributed by atoms with Gasteiger partial charge in [-0.15, -0.1) is 0 Å². The zero-order chi connectivity index (χ0) is 12.5. The van der Waals surface area contributed by atoms with Gasteiger partial charge in [-0.25, -0.2) is 8.42 Å². The summed E-state index contributed by atoms with van der Waals surface area (Å²) in [7, 11) is -0.108. The topological polar surface area (TPSA) is 55.8 Å². The normalized spacial score (nSPS) is 18.1. The van der Waals surface area contributed by atoms with Gasteiger partial charge in [-0.3, -0.25) is 4.31 Å². The number of methoxy groups -OCH3 is 2. The Balaban J connectivity index is 2.45. The van der Waals surface area contributed by atoms with Gasteiger partial charge in [0.05, 0.1) is 25.7 Å². The summed E-state index contributed by atoms with van der Waals surface area (Å²) in [4.78, 5) is 0. The third kappa shape index (κ3) is 2.17. The van der Waals surface area contributed by atoms with Crippen molar-refractivity contribution < 1.29 is 17.9 Å². The molecule has 0 amide bonds. The predicted octanol–water partition coefficient (Wildman–Crippen LogP) is 1.24. The van der Waals surface area contributed by atoms with E-state index in [1.54, 1.807) is 25.3 Å². The van der Waals surface area contributed by atoms with E-state index >= 15 is 0 Å². The Bertz CT molecular complexity index is 512. The van der Waals surface area contributed by atoms with Crippen LogP contribution in [0.15, 0.2) is 18.2 Å². The van der Waals surface area contributed by atoms with Crippen LogP contribution in [-0.2, 0) is 10.0 Å². The molecule has 1 aliphatic heterocycles. The van der Waals surface area contributed by atoms with E-state index in [0.29, 0.717) is 30.2 Å². The number of anilines is 1. The number of benzene rings is 1. The molecule has 5 nitrogen and oxygen atoms in total. The van der Waals surface area contributed by atoms with Crippen LogP contribution in [0.4, 0.5) is 5.69 Å². The van der Waals surface area contributed by atoms with Gasteiger partial charge in [-0.2, -0.15) is 0 Å². The van der Waals surface area contributed by atoms with Gasteiger partial charge in [0.2, 0.25) is 10.0 Å². The summed E-state index contributed by atoms with van der Waals surface area (Å²) in [6.07, 6.45) is 0.650. The second-order valence-corrected chi connectivity index (χ2v) is 5.79. The number of rotatable bonds is 3. The summed E-state index contributed by atoms with van der Waals surface area (Å²) < 4.78 is 35.3. The van der Waals surface area contributed by atoms with Gasteiger partial charge in [0, 0.05) is 12.6 Å². The van der Waals surface area contributed by atoms with Crippen LogP contribution < -0.4 is 13.8 Å². The molecule has 0 unspecified atom stereocenters. The van der Waals surface area contributed by atoms with Crippen molar-refractivity contribution in [2.24, 2.45) is 0 Å². The zero-order valence-electron chi connectivity index (χ0n) is 9.84. The van der Waals surface area contributed by atoms with Crippen molar-refractivity contribution in [3.63, 3.8) is 0 Å². The Labute approximate surface area is 101 Å². The second kappa shape index (κ2) is 4.44. The largest absolute Gasteiger partial charge is 0.497 e. The lowest BCUT2D eigenvalue weighted by molar-refractivity contribution is 0.395. The lowest BCUT2D eigenvalue weighted by Crippen LogP contribution is -2.25. The smallest absolute Gasteiger partial charge is 0.235 e. The van der Waals surface area contributed by atoms with E-state index in [1.165, 1.54) is 11.4 Å². The minimum atomic E-state index is -3.18. The molecule has 94 valence electrons. The molecule has 1 saturated heterocycles. The average Bonchev–Trinajstić information content (AvgIpc) is 2.68. The molecule has 2 rings (SSSR count). The molecule has 0 saturated carbocycles. The van der Waals surface area contributed by atoms with Crippen molar-refractivity contribution in [3.05, 3.63) is 18.2 Å². The van der Waals surface area contributed by atoms with Crippen molar-refractivity contribution in [2.75, 3.05) is 30.8 Å². The van der Waals surface area contributed by atoms with Crippen molar-refractivity contribution in [3.8, 4) is 11.5 Å².